The molecule has 0 aliphatic heterocycles. The van der Waals surface area contributed by atoms with Crippen LogP contribution in [0, 0.1) is 0 Å². The Bertz CT molecular complexity index is 353. The standard InChI is InChI=1S/C11H18N4O2/c1-4-5-12-10(16)8(2)15-11-13-6-9(17-3)7-14-11/h6-8H,4-5H2,1-3H3,(H,12,16)(H,13,14,15). The summed E-state index contributed by atoms with van der Waals surface area (Å²) in [5.74, 6) is 0.926. The first kappa shape index (κ1) is 13.2. The number of nitrogens with one attached hydrogen (secondary N) is 2. The van der Waals surface area contributed by atoms with Crippen molar-refractivity contribution in [1.82, 2.24) is 15.3 Å². The minimum absolute atomic E-state index is 0.0636. The quantitative estimate of drug-likeness (QED) is 0.767. The van der Waals surface area contributed by atoms with Crippen molar-refractivity contribution in [3.8, 4) is 5.75 Å². The summed E-state index contributed by atoms with van der Waals surface area (Å²) in [7, 11) is 1.55. The number of anilines is 1. The highest BCUT2D eigenvalue weighted by Crippen LogP contribution is 2.07. The summed E-state index contributed by atoms with van der Waals surface area (Å²) in [5.41, 5.74) is 0. The monoisotopic (exact) mass is 238 g/mol. The van der Waals surface area contributed by atoms with Crippen LogP contribution in [-0.2, 0) is 4.79 Å². The van der Waals surface area contributed by atoms with Crippen molar-refractivity contribution in [1.29, 1.82) is 0 Å². The first-order valence-electron chi connectivity index (χ1n) is 5.57. The van der Waals surface area contributed by atoms with Crippen molar-refractivity contribution in [2.45, 2.75) is 26.3 Å². The molecule has 0 spiro atoms. The fourth-order valence-electron chi connectivity index (χ4n) is 1.16. The molecule has 0 aliphatic carbocycles. The number of methoxy groups -OCH3 is 1. The van der Waals surface area contributed by atoms with E-state index >= 15 is 0 Å². The van der Waals surface area contributed by atoms with Gasteiger partial charge in [0.05, 0.1) is 19.5 Å². The number of rotatable bonds is 6. The van der Waals surface area contributed by atoms with Gasteiger partial charge < -0.3 is 15.4 Å². The van der Waals surface area contributed by atoms with E-state index in [1.54, 1.807) is 26.4 Å². The predicted molar refractivity (Wildman–Crippen MR) is 65.0 cm³/mol. The van der Waals surface area contributed by atoms with E-state index in [4.69, 9.17) is 4.74 Å². The molecular formula is C11H18N4O2. The fourth-order valence-corrected chi connectivity index (χ4v) is 1.16. The van der Waals surface area contributed by atoms with Crippen LogP contribution in [0.1, 0.15) is 20.3 Å². The van der Waals surface area contributed by atoms with E-state index < -0.39 is 0 Å². The minimum atomic E-state index is -0.366. The van der Waals surface area contributed by atoms with Gasteiger partial charge in [-0.25, -0.2) is 9.97 Å². The van der Waals surface area contributed by atoms with Crippen LogP contribution < -0.4 is 15.4 Å². The van der Waals surface area contributed by atoms with E-state index in [1.165, 1.54) is 0 Å². The minimum Gasteiger partial charge on any atom is -0.494 e. The number of hydrogen-bond donors (Lipinski definition) is 2. The largest absolute Gasteiger partial charge is 0.494 e. The lowest BCUT2D eigenvalue weighted by Gasteiger charge is -2.13. The highest BCUT2D eigenvalue weighted by molar-refractivity contribution is 5.83. The third-order valence-corrected chi connectivity index (χ3v) is 2.15. The lowest BCUT2D eigenvalue weighted by molar-refractivity contribution is -0.121. The summed E-state index contributed by atoms with van der Waals surface area (Å²) in [5, 5.41) is 5.71. The van der Waals surface area contributed by atoms with Crippen LogP contribution >= 0.6 is 0 Å². The molecule has 2 N–H and O–H groups in total. The molecule has 0 saturated heterocycles. The Hall–Kier alpha value is -1.85. The zero-order valence-electron chi connectivity index (χ0n) is 10.4. The van der Waals surface area contributed by atoms with Crippen LogP contribution in [0.4, 0.5) is 5.95 Å². The van der Waals surface area contributed by atoms with E-state index in [-0.39, 0.29) is 11.9 Å². The maximum atomic E-state index is 11.6. The maximum Gasteiger partial charge on any atom is 0.242 e. The lowest BCUT2D eigenvalue weighted by atomic mass is 10.3. The van der Waals surface area contributed by atoms with Gasteiger partial charge in [0.25, 0.3) is 0 Å². The Morgan fingerprint density at radius 2 is 2.12 bits per heavy atom. The normalized spacial score (nSPS) is 11.7. The molecule has 0 fully saturated rings. The van der Waals surface area contributed by atoms with E-state index in [0.717, 1.165) is 6.42 Å². The van der Waals surface area contributed by atoms with Crippen LogP contribution in [0.3, 0.4) is 0 Å². The van der Waals surface area contributed by atoms with Gasteiger partial charge in [0.2, 0.25) is 11.9 Å². The molecule has 17 heavy (non-hydrogen) atoms. The number of amides is 1. The molecule has 0 bridgehead atoms. The topological polar surface area (TPSA) is 76.1 Å². The number of carbonyl (C=O) groups is 1. The zero-order chi connectivity index (χ0) is 12.7. The smallest absolute Gasteiger partial charge is 0.242 e. The Morgan fingerprint density at radius 3 is 2.65 bits per heavy atom. The SMILES string of the molecule is CCCNC(=O)C(C)Nc1ncc(OC)cn1. The van der Waals surface area contributed by atoms with Crippen molar-refractivity contribution in [2.75, 3.05) is 19.0 Å². The molecule has 1 rings (SSSR count). The van der Waals surface area contributed by atoms with E-state index in [1.807, 2.05) is 6.92 Å². The van der Waals surface area contributed by atoms with Crippen molar-refractivity contribution in [2.24, 2.45) is 0 Å². The summed E-state index contributed by atoms with van der Waals surface area (Å²) < 4.78 is 4.94. The lowest BCUT2D eigenvalue weighted by Crippen LogP contribution is -2.38. The van der Waals surface area contributed by atoms with Crippen molar-refractivity contribution < 1.29 is 9.53 Å². The molecule has 0 aliphatic rings. The molecular weight excluding hydrogens is 220 g/mol. The van der Waals surface area contributed by atoms with Crippen LogP contribution in [-0.4, -0.2) is 35.6 Å². The highest BCUT2D eigenvalue weighted by atomic mass is 16.5. The Morgan fingerprint density at radius 1 is 1.47 bits per heavy atom. The molecule has 0 radical (unpaired) electrons. The molecule has 1 aromatic rings. The number of hydrogen-bond acceptors (Lipinski definition) is 5. The van der Waals surface area contributed by atoms with Gasteiger partial charge >= 0.3 is 0 Å². The predicted octanol–water partition coefficient (Wildman–Crippen LogP) is 0.812. The van der Waals surface area contributed by atoms with Crippen LogP contribution in [0.15, 0.2) is 12.4 Å². The van der Waals surface area contributed by atoms with Gasteiger partial charge in [0.15, 0.2) is 5.75 Å². The maximum absolute atomic E-state index is 11.6. The van der Waals surface area contributed by atoms with Gasteiger partial charge in [0.1, 0.15) is 6.04 Å². The third kappa shape index (κ3) is 4.26. The summed E-state index contributed by atoms with van der Waals surface area (Å²) >= 11 is 0. The van der Waals surface area contributed by atoms with E-state index in [9.17, 15) is 4.79 Å². The second-order valence-electron chi connectivity index (χ2n) is 3.60. The molecule has 1 atom stereocenters. The second kappa shape index (κ2) is 6.67. The Labute approximate surface area is 101 Å². The molecule has 0 aromatic carbocycles. The number of nitrogens with zero attached hydrogens (tertiary/aromatic N) is 2. The first-order chi connectivity index (χ1) is 8.17. The van der Waals surface area contributed by atoms with Crippen molar-refractivity contribution in [3.63, 3.8) is 0 Å². The summed E-state index contributed by atoms with van der Waals surface area (Å²) in [6.45, 7) is 4.44. The molecule has 1 unspecified atom stereocenters. The average Bonchev–Trinajstić information content (AvgIpc) is 2.36. The van der Waals surface area contributed by atoms with Gasteiger partial charge in [-0.2, -0.15) is 0 Å². The highest BCUT2D eigenvalue weighted by Gasteiger charge is 2.12. The summed E-state index contributed by atoms with van der Waals surface area (Å²) in [6.07, 6.45) is 4.01. The fraction of sp³-hybridized carbons (Fsp3) is 0.545. The average molecular weight is 238 g/mol. The Balaban J connectivity index is 2.49. The van der Waals surface area contributed by atoms with Crippen molar-refractivity contribution in [3.05, 3.63) is 12.4 Å². The van der Waals surface area contributed by atoms with Gasteiger partial charge in [-0.3, -0.25) is 4.79 Å². The van der Waals surface area contributed by atoms with Crippen LogP contribution in [0.2, 0.25) is 0 Å². The van der Waals surface area contributed by atoms with Gasteiger partial charge in [0, 0.05) is 6.54 Å². The van der Waals surface area contributed by atoms with Crippen LogP contribution in [0.5, 0.6) is 5.75 Å². The molecule has 0 saturated carbocycles. The number of carbonyl (C=O) groups excluding carboxylic acids is 1. The van der Waals surface area contributed by atoms with Crippen LogP contribution in [0.25, 0.3) is 0 Å². The summed E-state index contributed by atoms with van der Waals surface area (Å²) in [6, 6.07) is -0.366. The third-order valence-electron chi connectivity index (χ3n) is 2.15. The molecule has 1 aromatic heterocycles. The molecule has 6 heteroatoms. The molecule has 1 heterocycles. The van der Waals surface area contributed by atoms with Gasteiger partial charge in [-0.1, -0.05) is 6.92 Å². The van der Waals surface area contributed by atoms with Gasteiger partial charge in [-0.15, -0.1) is 0 Å². The number of aromatic nitrogens is 2. The van der Waals surface area contributed by atoms with Gasteiger partial charge in [-0.05, 0) is 13.3 Å². The van der Waals surface area contributed by atoms with Crippen molar-refractivity contribution >= 4 is 11.9 Å². The van der Waals surface area contributed by atoms with E-state index in [0.29, 0.717) is 18.2 Å². The summed E-state index contributed by atoms with van der Waals surface area (Å²) in [4.78, 5) is 19.6. The molecule has 6 nitrogen and oxygen atoms in total. The Kier molecular flexibility index (Phi) is 5.19. The van der Waals surface area contributed by atoms with E-state index in [2.05, 4.69) is 20.6 Å². The number of ether oxygens (including phenoxy) is 1. The first-order valence-corrected chi connectivity index (χ1v) is 5.57. The molecule has 94 valence electrons. The zero-order valence-corrected chi connectivity index (χ0v) is 10.4. The second-order valence-corrected chi connectivity index (χ2v) is 3.60. The molecule has 1 amide bonds.